The van der Waals surface area contributed by atoms with E-state index < -0.39 is 0 Å². The normalized spacial score (nSPS) is 21.5. The highest BCUT2D eigenvalue weighted by Gasteiger charge is 2.33. The monoisotopic (exact) mass is 514 g/mol. The van der Waals surface area contributed by atoms with Crippen molar-refractivity contribution in [1.29, 1.82) is 5.26 Å². The summed E-state index contributed by atoms with van der Waals surface area (Å²) in [7, 11) is 3.17. The maximum absolute atomic E-state index is 13.1. The number of oxazole rings is 1. The van der Waals surface area contributed by atoms with Crippen molar-refractivity contribution in [3.63, 3.8) is 0 Å². The zero-order valence-electron chi connectivity index (χ0n) is 19.9. The van der Waals surface area contributed by atoms with E-state index in [2.05, 4.69) is 11.1 Å². The number of ether oxygens (including phenoxy) is 3. The molecule has 0 bridgehead atoms. The van der Waals surface area contributed by atoms with Crippen LogP contribution in [-0.4, -0.2) is 66.2 Å². The third kappa shape index (κ3) is 5.45. The molecule has 2 aliphatic heterocycles. The Balaban J connectivity index is 1.48. The van der Waals surface area contributed by atoms with E-state index in [9.17, 15) is 10.1 Å². The molecule has 3 heterocycles. The smallest absolute Gasteiger partial charge is 0.266 e. The summed E-state index contributed by atoms with van der Waals surface area (Å²) < 4.78 is 22.8. The van der Waals surface area contributed by atoms with Crippen molar-refractivity contribution >= 4 is 46.2 Å². The minimum absolute atomic E-state index is 0.000708. The van der Waals surface area contributed by atoms with Gasteiger partial charge in [0, 0.05) is 25.7 Å². The highest BCUT2D eigenvalue weighted by Crippen LogP contribution is 2.34. The van der Waals surface area contributed by atoms with Crippen LogP contribution in [0.4, 0.5) is 5.88 Å². The number of hydrogen-bond donors (Lipinski definition) is 0. The van der Waals surface area contributed by atoms with Crippen molar-refractivity contribution in [3.05, 3.63) is 40.3 Å². The SMILES string of the molecule is COc1ccc(CCN2C(=O)/C(=C\c3nc(C#N)c(N4C[C@@H](C)O[C@@H](C)C4)o3)SC2=S)cc1OC. The molecule has 184 valence electrons. The van der Waals surface area contributed by atoms with Gasteiger partial charge in [0.05, 0.1) is 31.3 Å². The lowest BCUT2D eigenvalue weighted by molar-refractivity contribution is -0.122. The number of thiocarbonyl (C=S) groups is 1. The van der Waals surface area contributed by atoms with Crippen LogP contribution in [0.5, 0.6) is 11.5 Å². The molecule has 0 saturated carbocycles. The molecule has 35 heavy (non-hydrogen) atoms. The Hall–Kier alpha value is -3.07. The van der Waals surface area contributed by atoms with Crippen molar-refractivity contribution in [3.8, 4) is 17.6 Å². The first-order chi connectivity index (χ1) is 16.8. The quantitative estimate of drug-likeness (QED) is 0.402. The van der Waals surface area contributed by atoms with E-state index in [0.717, 1.165) is 5.56 Å². The van der Waals surface area contributed by atoms with Crippen molar-refractivity contribution in [2.45, 2.75) is 32.5 Å². The number of methoxy groups -OCH3 is 2. The average Bonchev–Trinajstić information content (AvgIpc) is 3.37. The maximum atomic E-state index is 13.1. The Morgan fingerprint density at radius 2 is 1.97 bits per heavy atom. The van der Waals surface area contributed by atoms with Crippen LogP contribution in [-0.2, 0) is 16.0 Å². The van der Waals surface area contributed by atoms with Gasteiger partial charge in [-0.2, -0.15) is 10.2 Å². The number of hydrogen-bond acceptors (Lipinski definition) is 10. The number of nitriles is 1. The van der Waals surface area contributed by atoms with Gasteiger partial charge in [-0.1, -0.05) is 30.0 Å². The molecule has 9 nitrogen and oxygen atoms in total. The fraction of sp³-hybridized carbons (Fsp3) is 0.417. The van der Waals surface area contributed by atoms with E-state index >= 15 is 0 Å². The number of carbonyl (C=O) groups is 1. The summed E-state index contributed by atoms with van der Waals surface area (Å²) in [5, 5.41) is 9.57. The topological polar surface area (TPSA) is 101 Å². The van der Waals surface area contributed by atoms with Crippen molar-refractivity contribution in [1.82, 2.24) is 9.88 Å². The summed E-state index contributed by atoms with van der Waals surface area (Å²) in [6, 6.07) is 7.74. The molecule has 0 N–H and O–H groups in total. The fourth-order valence-corrected chi connectivity index (χ4v) is 5.38. The van der Waals surface area contributed by atoms with Gasteiger partial charge in [0.15, 0.2) is 11.5 Å². The molecule has 4 rings (SSSR count). The molecular weight excluding hydrogens is 488 g/mol. The molecule has 1 aromatic heterocycles. The van der Waals surface area contributed by atoms with Crippen LogP contribution >= 0.6 is 24.0 Å². The first-order valence-electron chi connectivity index (χ1n) is 11.1. The summed E-state index contributed by atoms with van der Waals surface area (Å²) in [4.78, 5) is 21.3. The summed E-state index contributed by atoms with van der Waals surface area (Å²) in [6.45, 7) is 5.54. The van der Waals surface area contributed by atoms with Gasteiger partial charge in [0.1, 0.15) is 10.4 Å². The predicted molar refractivity (Wildman–Crippen MR) is 137 cm³/mol. The second kappa shape index (κ2) is 10.7. The molecular formula is C24H26N4O5S2. The third-order valence-electron chi connectivity index (χ3n) is 5.64. The minimum atomic E-state index is -0.215. The molecule has 2 aliphatic rings. The lowest BCUT2D eigenvalue weighted by atomic mass is 10.1. The summed E-state index contributed by atoms with van der Waals surface area (Å²) in [5.41, 5.74) is 1.17. The summed E-state index contributed by atoms with van der Waals surface area (Å²) >= 11 is 6.65. The highest BCUT2D eigenvalue weighted by molar-refractivity contribution is 8.26. The van der Waals surface area contributed by atoms with E-state index in [1.54, 1.807) is 25.2 Å². The third-order valence-corrected chi connectivity index (χ3v) is 7.02. The van der Waals surface area contributed by atoms with Gasteiger partial charge in [-0.3, -0.25) is 9.69 Å². The lowest BCUT2D eigenvalue weighted by Gasteiger charge is -2.34. The number of benzene rings is 1. The van der Waals surface area contributed by atoms with Crippen molar-refractivity contribution in [2.75, 3.05) is 38.8 Å². The van der Waals surface area contributed by atoms with E-state index in [1.807, 2.05) is 36.9 Å². The molecule has 2 saturated heterocycles. The molecule has 1 amide bonds. The van der Waals surface area contributed by atoms with E-state index in [1.165, 1.54) is 11.8 Å². The number of amides is 1. The average molecular weight is 515 g/mol. The van der Waals surface area contributed by atoms with Gasteiger partial charge in [0.2, 0.25) is 17.5 Å². The first-order valence-corrected chi connectivity index (χ1v) is 12.3. The van der Waals surface area contributed by atoms with E-state index in [0.29, 0.717) is 52.7 Å². The zero-order chi connectivity index (χ0) is 25.1. The summed E-state index contributed by atoms with van der Waals surface area (Å²) in [5.74, 6) is 1.65. The minimum Gasteiger partial charge on any atom is -0.493 e. The molecule has 11 heteroatoms. The van der Waals surface area contributed by atoms with Crippen LogP contribution in [0.25, 0.3) is 6.08 Å². The Kier molecular flexibility index (Phi) is 7.64. The zero-order valence-corrected chi connectivity index (χ0v) is 21.6. The molecule has 2 fully saturated rings. The van der Waals surface area contributed by atoms with Gasteiger partial charge in [0.25, 0.3) is 5.91 Å². The maximum Gasteiger partial charge on any atom is 0.266 e. The van der Waals surface area contributed by atoms with Crippen LogP contribution in [0.2, 0.25) is 0 Å². The number of aromatic nitrogens is 1. The fourth-order valence-electron chi connectivity index (χ4n) is 4.10. The molecule has 0 radical (unpaired) electrons. The predicted octanol–water partition coefficient (Wildman–Crippen LogP) is 3.62. The molecule has 0 spiro atoms. The van der Waals surface area contributed by atoms with Gasteiger partial charge < -0.3 is 23.5 Å². The van der Waals surface area contributed by atoms with Crippen LogP contribution in [0.3, 0.4) is 0 Å². The van der Waals surface area contributed by atoms with Gasteiger partial charge in [-0.15, -0.1) is 0 Å². The van der Waals surface area contributed by atoms with Gasteiger partial charge >= 0.3 is 0 Å². The molecule has 1 aromatic carbocycles. The molecule has 2 aromatic rings. The number of rotatable bonds is 7. The van der Waals surface area contributed by atoms with Gasteiger partial charge in [-0.05, 0) is 38.0 Å². The van der Waals surface area contributed by atoms with Crippen LogP contribution < -0.4 is 14.4 Å². The number of thioether (sulfide) groups is 1. The second-order valence-electron chi connectivity index (χ2n) is 8.25. The Labute approximate surface area is 213 Å². The molecule has 0 aliphatic carbocycles. The largest absolute Gasteiger partial charge is 0.493 e. The Morgan fingerprint density at radius 1 is 1.26 bits per heavy atom. The van der Waals surface area contributed by atoms with Crippen LogP contribution in [0.15, 0.2) is 27.5 Å². The van der Waals surface area contributed by atoms with Gasteiger partial charge in [-0.25, -0.2) is 0 Å². The second-order valence-corrected chi connectivity index (χ2v) is 9.93. The number of carbonyl (C=O) groups excluding carboxylic acids is 1. The standard InChI is InChI=1S/C24H26N4O5S2/c1-14-12-27(13-15(2)32-14)23-17(11-25)26-21(33-23)10-20-22(29)28(24(34)35-20)8-7-16-5-6-18(30-3)19(9-16)31-4/h5-6,9-10,14-15H,7-8,12-13H2,1-4H3/b20-10+/t14-,15+. The first kappa shape index (κ1) is 25.0. The highest BCUT2D eigenvalue weighted by atomic mass is 32.2. The summed E-state index contributed by atoms with van der Waals surface area (Å²) in [6.07, 6.45) is 2.14. The van der Waals surface area contributed by atoms with Crippen molar-refractivity contribution in [2.24, 2.45) is 0 Å². The van der Waals surface area contributed by atoms with Crippen molar-refractivity contribution < 1.29 is 23.4 Å². The lowest BCUT2D eigenvalue weighted by Crippen LogP contribution is -2.45. The van der Waals surface area contributed by atoms with Crippen LogP contribution in [0.1, 0.15) is 31.0 Å². The van der Waals surface area contributed by atoms with Crippen LogP contribution in [0, 0.1) is 11.3 Å². The molecule has 2 atom stereocenters. The number of nitrogens with zero attached hydrogens (tertiary/aromatic N) is 4. The Bertz CT molecular complexity index is 1200. The Morgan fingerprint density at radius 3 is 2.63 bits per heavy atom. The number of anilines is 1. The number of morpholine rings is 1. The van der Waals surface area contributed by atoms with E-state index in [-0.39, 0.29) is 29.7 Å². The molecule has 0 unspecified atom stereocenters. The van der Waals surface area contributed by atoms with E-state index in [4.69, 9.17) is 30.8 Å².